The van der Waals surface area contributed by atoms with Crippen LogP contribution in [0, 0.1) is 0 Å². The number of epoxide rings is 2. The quantitative estimate of drug-likeness (QED) is 0.355. The average Bonchev–Trinajstić information content (AvgIpc) is 3.14. The predicted molar refractivity (Wildman–Crippen MR) is 61.5 cm³/mol. The van der Waals surface area contributed by atoms with Crippen molar-refractivity contribution in [2.75, 3.05) is 39.6 Å². The van der Waals surface area contributed by atoms with Gasteiger partial charge in [-0.15, -0.1) is 13.2 Å². The van der Waals surface area contributed by atoms with E-state index in [0.717, 1.165) is 26.4 Å². The van der Waals surface area contributed by atoms with Crippen LogP contribution in [0.1, 0.15) is 0 Å². The third-order valence-corrected chi connectivity index (χ3v) is 1.88. The summed E-state index contributed by atoms with van der Waals surface area (Å²) in [4.78, 5) is 0. The van der Waals surface area contributed by atoms with Crippen molar-refractivity contribution in [1.29, 1.82) is 0 Å². The van der Waals surface area contributed by atoms with Crippen molar-refractivity contribution in [1.82, 2.24) is 0 Å². The smallest absolute Gasteiger partial charge is 0.104 e. The lowest BCUT2D eigenvalue weighted by Gasteiger charge is -1.95. The van der Waals surface area contributed by atoms with Gasteiger partial charge in [-0.2, -0.15) is 0 Å². The summed E-state index contributed by atoms with van der Waals surface area (Å²) < 4.78 is 20.0. The topological polar surface area (TPSA) is 43.5 Å². The van der Waals surface area contributed by atoms with Crippen LogP contribution in [0.4, 0.5) is 0 Å². The fourth-order valence-electron chi connectivity index (χ4n) is 0.894. The molecule has 16 heavy (non-hydrogen) atoms. The van der Waals surface area contributed by atoms with E-state index in [1.54, 1.807) is 12.2 Å². The summed E-state index contributed by atoms with van der Waals surface area (Å²) in [6, 6.07) is 0. The molecule has 2 unspecified atom stereocenters. The molecule has 4 heteroatoms. The number of rotatable bonds is 8. The fraction of sp³-hybridized carbons (Fsp3) is 0.667. The van der Waals surface area contributed by atoms with Gasteiger partial charge in [0.2, 0.25) is 0 Å². The molecular formula is C12H20O4. The molecule has 92 valence electrons. The van der Waals surface area contributed by atoms with E-state index in [9.17, 15) is 0 Å². The molecule has 0 bridgehead atoms. The molecule has 0 N–H and O–H groups in total. The Labute approximate surface area is 96.8 Å². The maximum atomic E-state index is 5.23. The average molecular weight is 228 g/mol. The monoisotopic (exact) mass is 228 g/mol. The molecule has 0 saturated carbocycles. The van der Waals surface area contributed by atoms with Crippen LogP contribution in [-0.2, 0) is 18.9 Å². The van der Waals surface area contributed by atoms with Crippen molar-refractivity contribution in [3.8, 4) is 0 Å². The van der Waals surface area contributed by atoms with E-state index in [2.05, 4.69) is 13.2 Å². The zero-order chi connectivity index (χ0) is 11.6. The Kier molecular flexibility index (Phi) is 7.09. The first-order valence-electron chi connectivity index (χ1n) is 5.47. The third kappa shape index (κ3) is 8.61. The van der Waals surface area contributed by atoms with Crippen LogP contribution >= 0.6 is 0 Å². The second-order valence-electron chi connectivity index (χ2n) is 3.56. The summed E-state index contributed by atoms with van der Waals surface area (Å²) in [5.74, 6) is 0. The second kappa shape index (κ2) is 8.47. The summed E-state index contributed by atoms with van der Waals surface area (Å²) in [5, 5.41) is 0. The van der Waals surface area contributed by atoms with Crippen LogP contribution in [0.5, 0.6) is 0 Å². The van der Waals surface area contributed by atoms with Crippen molar-refractivity contribution in [2.45, 2.75) is 12.2 Å². The lowest BCUT2D eigenvalue weighted by atomic mass is 10.5. The molecule has 0 aliphatic carbocycles. The van der Waals surface area contributed by atoms with E-state index < -0.39 is 0 Å². The van der Waals surface area contributed by atoms with Crippen molar-refractivity contribution in [2.24, 2.45) is 0 Å². The Hall–Kier alpha value is -0.680. The molecule has 2 heterocycles. The molecule has 2 fully saturated rings. The summed E-state index contributed by atoms with van der Waals surface area (Å²) in [6.45, 7) is 11.4. The van der Waals surface area contributed by atoms with Crippen molar-refractivity contribution < 1.29 is 18.9 Å². The fourth-order valence-corrected chi connectivity index (χ4v) is 0.894. The SMILES string of the molecule is C(OCC1CO1)C1CO1.C=CCOCC=C. The largest absolute Gasteiger partial charge is 0.376 e. The van der Waals surface area contributed by atoms with Crippen LogP contribution in [-0.4, -0.2) is 51.8 Å². The Bertz CT molecular complexity index is 177. The van der Waals surface area contributed by atoms with Crippen LogP contribution in [0.3, 0.4) is 0 Å². The molecule has 2 rings (SSSR count). The zero-order valence-corrected chi connectivity index (χ0v) is 9.60. The Morgan fingerprint density at radius 1 is 0.938 bits per heavy atom. The van der Waals surface area contributed by atoms with Gasteiger partial charge in [-0.1, -0.05) is 12.2 Å². The van der Waals surface area contributed by atoms with Gasteiger partial charge >= 0.3 is 0 Å². The predicted octanol–water partition coefficient (Wildman–Crippen LogP) is 1.18. The second-order valence-corrected chi connectivity index (χ2v) is 3.56. The molecule has 2 atom stereocenters. The molecule has 0 aromatic heterocycles. The Balaban J connectivity index is 0.000000168. The highest BCUT2D eigenvalue weighted by atomic mass is 16.6. The standard InChI is InChI=1S/C6H10O3.C6H10O/c1(5-3-8-5)7-2-6-4-9-6;1-3-5-7-6-4-2/h5-6H,1-4H2;3-4H,1-2,5-6H2. The van der Waals surface area contributed by atoms with E-state index >= 15 is 0 Å². The first-order chi connectivity index (χ1) is 7.86. The molecule has 0 spiro atoms. The summed E-state index contributed by atoms with van der Waals surface area (Å²) in [7, 11) is 0. The number of ether oxygens (including phenoxy) is 4. The minimum absolute atomic E-state index is 0.392. The van der Waals surface area contributed by atoms with Gasteiger partial charge in [0.1, 0.15) is 12.2 Å². The molecule has 4 nitrogen and oxygen atoms in total. The molecule has 0 aromatic carbocycles. The molecule has 0 amide bonds. The minimum atomic E-state index is 0.392. The first kappa shape index (κ1) is 13.4. The molecule has 2 aliphatic rings. The van der Waals surface area contributed by atoms with Crippen molar-refractivity contribution >= 4 is 0 Å². The van der Waals surface area contributed by atoms with Gasteiger partial charge in [-0.05, 0) is 0 Å². The lowest BCUT2D eigenvalue weighted by molar-refractivity contribution is 0.102. The van der Waals surface area contributed by atoms with E-state index in [-0.39, 0.29) is 0 Å². The molecule has 2 saturated heterocycles. The van der Waals surface area contributed by atoms with Gasteiger partial charge in [0.25, 0.3) is 0 Å². The van der Waals surface area contributed by atoms with Crippen molar-refractivity contribution in [3.63, 3.8) is 0 Å². The van der Waals surface area contributed by atoms with E-state index in [4.69, 9.17) is 18.9 Å². The zero-order valence-electron chi connectivity index (χ0n) is 9.60. The van der Waals surface area contributed by atoms with E-state index in [1.165, 1.54) is 0 Å². The van der Waals surface area contributed by atoms with E-state index in [1.807, 2.05) is 0 Å². The van der Waals surface area contributed by atoms with Crippen molar-refractivity contribution in [3.05, 3.63) is 25.3 Å². The third-order valence-electron chi connectivity index (χ3n) is 1.88. The molecule has 0 radical (unpaired) electrons. The Morgan fingerprint density at radius 2 is 1.38 bits per heavy atom. The summed E-state index contributed by atoms with van der Waals surface area (Å²) in [6.07, 6.45) is 4.21. The first-order valence-corrected chi connectivity index (χ1v) is 5.47. The highest BCUT2D eigenvalue weighted by molar-refractivity contribution is 4.71. The van der Waals surface area contributed by atoms with Gasteiger partial charge in [0, 0.05) is 0 Å². The highest BCUT2D eigenvalue weighted by Gasteiger charge is 2.26. The van der Waals surface area contributed by atoms with Crippen LogP contribution in [0.2, 0.25) is 0 Å². The maximum absolute atomic E-state index is 5.23. The van der Waals surface area contributed by atoms with Gasteiger partial charge in [0.05, 0.1) is 39.6 Å². The molecule has 0 aromatic rings. The van der Waals surface area contributed by atoms with Gasteiger partial charge in [-0.3, -0.25) is 0 Å². The maximum Gasteiger partial charge on any atom is 0.104 e. The summed E-state index contributed by atoms with van der Waals surface area (Å²) in [5.41, 5.74) is 0. The van der Waals surface area contributed by atoms with Gasteiger partial charge < -0.3 is 18.9 Å². The molecular weight excluding hydrogens is 208 g/mol. The molecule has 2 aliphatic heterocycles. The minimum Gasteiger partial charge on any atom is -0.376 e. The number of hydrogen-bond acceptors (Lipinski definition) is 4. The van der Waals surface area contributed by atoms with E-state index in [0.29, 0.717) is 25.4 Å². The number of hydrogen-bond donors (Lipinski definition) is 0. The van der Waals surface area contributed by atoms with Crippen LogP contribution < -0.4 is 0 Å². The Morgan fingerprint density at radius 3 is 1.69 bits per heavy atom. The van der Waals surface area contributed by atoms with Crippen LogP contribution in [0.25, 0.3) is 0 Å². The lowest BCUT2D eigenvalue weighted by Crippen LogP contribution is -2.06. The van der Waals surface area contributed by atoms with Gasteiger partial charge in [0.15, 0.2) is 0 Å². The van der Waals surface area contributed by atoms with Crippen LogP contribution in [0.15, 0.2) is 25.3 Å². The van der Waals surface area contributed by atoms with Gasteiger partial charge in [-0.25, -0.2) is 0 Å². The highest BCUT2D eigenvalue weighted by Crippen LogP contribution is 2.12. The normalized spacial score (nSPS) is 25.2. The summed E-state index contributed by atoms with van der Waals surface area (Å²) >= 11 is 0.